The van der Waals surface area contributed by atoms with Gasteiger partial charge in [-0.1, -0.05) is 6.58 Å². The van der Waals surface area contributed by atoms with Crippen LogP contribution in [0, 0.1) is 0 Å². The van der Waals surface area contributed by atoms with E-state index in [1.165, 1.54) is 0 Å². The Morgan fingerprint density at radius 1 is 1.80 bits per heavy atom. The summed E-state index contributed by atoms with van der Waals surface area (Å²) in [5.41, 5.74) is -0.198. The van der Waals surface area contributed by atoms with E-state index in [9.17, 15) is 0 Å². The molecule has 1 heterocycles. The van der Waals surface area contributed by atoms with Crippen LogP contribution in [0.15, 0.2) is 12.3 Å². The van der Waals surface area contributed by atoms with E-state index in [0.29, 0.717) is 6.61 Å². The highest BCUT2D eigenvalue weighted by atomic mass is 16.6. The van der Waals surface area contributed by atoms with Crippen LogP contribution in [-0.2, 0) is 9.47 Å². The number of rotatable bonds is 3. The number of ether oxygens (including phenoxy) is 2. The Hall–Kier alpha value is -0.500. The molecule has 0 radical (unpaired) electrons. The molecule has 0 saturated carbocycles. The zero-order valence-corrected chi connectivity index (χ0v) is 6.81. The summed E-state index contributed by atoms with van der Waals surface area (Å²) in [6.07, 6.45) is 0.270. The molecule has 10 heavy (non-hydrogen) atoms. The lowest BCUT2D eigenvalue weighted by molar-refractivity contribution is 0.171. The second-order valence-corrected chi connectivity index (χ2v) is 2.72. The van der Waals surface area contributed by atoms with Crippen molar-refractivity contribution in [2.45, 2.75) is 32.5 Å². The second kappa shape index (κ2) is 2.27. The fourth-order valence-corrected chi connectivity index (χ4v) is 0.943. The molecule has 1 fully saturated rings. The molecular formula is C8H14O2. The molecule has 0 aromatic carbocycles. The van der Waals surface area contributed by atoms with Crippen LogP contribution in [-0.4, -0.2) is 18.3 Å². The van der Waals surface area contributed by atoms with Gasteiger partial charge in [-0.05, 0) is 20.8 Å². The van der Waals surface area contributed by atoms with Gasteiger partial charge in [0.05, 0.1) is 12.7 Å². The molecule has 2 atom stereocenters. The summed E-state index contributed by atoms with van der Waals surface area (Å²) in [5, 5.41) is 0. The van der Waals surface area contributed by atoms with Crippen molar-refractivity contribution in [1.29, 1.82) is 0 Å². The normalized spacial score (nSPS) is 37.3. The van der Waals surface area contributed by atoms with E-state index in [4.69, 9.17) is 9.47 Å². The fraction of sp³-hybridized carbons (Fsp3) is 0.750. The quantitative estimate of drug-likeness (QED) is 0.442. The Balaban J connectivity index is 2.43. The standard InChI is InChI=1S/C8H14O2/c1-5-9-6(2)8(4)7(3)10-8/h7H,2,5H2,1,3-4H3. The monoisotopic (exact) mass is 142 g/mol. The summed E-state index contributed by atoms with van der Waals surface area (Å²) in [7, 11) is 0. The van der Waals surface area contributed by atoms with Crippen LogP contribution in [0.2, 0.25) is 0 Å². The van der Waals surface area contributed by atoms with E-state index in [-0.39, 0.29) is 11.7 Å². The van der Waals surface area contributed by atoms with Gasteiger partial charge in [-0.2, -0.15) is 0 Å². The molecule has 58 valence electrons. The molecule has 0 N–H and O–H groups in total. The first-order valence-electron chi connectivity index (χ1n) is 3.61. The Morgan fingerprint density at radius 3 is 2.60 bits per heavy atom. The zero-order valence-electron chi connectivity index (χ0n) is 6.81. The average molecular weight is 142 g/mol. The summed E-state index contributed by atoms with van der Waals surface area (Å²) in [4.78, 5) is 0. The van der Waals surface area contributed by atoms with Gasteiger partial charge >= 0.3 is 0 Å². The SMILES string of the molecule is C=C(OCC)C1(C)OC1C. The Kier molecular flexibility index (Phi) is 1.73. The van der Waals surface area contributed by atoms with Crippen LogP contribution in [0.25, 0.3) is 0 Å². The molecule has 2 unspecified atom stereocenters. The lowest BCUT2D eigenvalue weighted by Gasteiger charge is -2.09. The van der Waals surface area contributed by atoms with Gasteiger partial charge in [0.15, 0.2) is 0 Å². The van der Waals surface area contributed by atoms with Gasteiger partial charge in [-0.15, -0.1) is 0 Å². The van der Waals surface area contributed by atoms with Gasteiger partial charge < -0.3 is 9.47 Å². The first-order chi connectivity index (χ1) is 4.61. The van der Waals surface area contributed by atoms with Crippen LogP contribution in [0.4, 0.5) is 0 Å². The lowest BCUT2D eigenvalue weighted by atomic mass is 10.1. The third-order valence-corrected chi connectivity index (χ3v) is 2.01. The third kappa shape index (κ3) is 1.03. The maximum Gasteiger partial charge on any atom is 0.148 e. The van der Waals surface area contributed by atoms with E-state index >= 15 is 0 Å². The van der Waals surface area contributed by atoms with Gasteiger partial charge in [-0.3, -0.25) is 0 Å². The smallest absolute Gasteiger partial charge is 0.148 e. The van der Waals surface area contributed by atoms with Crippen LogP contribution in [0.5, 0.6) is 0 Å². The molecule has 1 aliphatic rings. The van der Waals surface area contributed by atoms with Gasteiger partial charge in [-0.25, -0.2) is 0 Å². The molecule has 0 bridgehead atoms. The molecule has 1 saturated heterocycles. The van der Waals surface area contributed by atoms with Crippen molar-refractivity contribution >= 4 is 0 Å². The highest BCUT2D eigenvalue weighted by Gasteiger charge is 2.52. The molecule has 0 amide bonds. The van der Waals surface area contributed by atoms with E-state index in [1.54, 1.807) is 0 Å². The van der Waals surface area contributed by atoms with Crippen molar-refractivity contribution in [2.24, 2.45) is 0 Å². The average Bonchev–Trinajstić information content (AvgIpc) is 2.43. The number of hydrogen-bond acceptors (Lipinski definition) is 2. The summed E-state index contributed by atoms with van der Waals surface area (Å²) in [6.45, 7) is 10.4. The maximum absolute atomic E-state index is 5.29. The predicted molar refractivity (Wildman–Crippen MR) is 39.7 cm³/mol. The maximum atomic E-state index is 5.29. The van der Waals surface area contributed by atoms with Crippen LogP contribution >= 0.6 is 0 Å². The summed E-state index contributed by atoms with van der Waals surface area (Å²) < 4.78 is 10.5. The highest BCUT2D eigenvalue weighted by molar-refractivity contribution is 5.16. The van der Waals surface area contributed by atoms with Crippen molar-refractivity contribution in [1.82, 2.24) is 0 Å². The molecule has 0 aliphatic carbocycles. The van der Waals surface area contributed by atoms with Crippen LogP contribution in [0.3, 0.4) is 0 Å². The lowest BCUT2D eigenvalue weighted by Crippen LogP contribution is -2.13. The van der Waals surface area contributed by atoms with Crippen molar-refractivity contribution < 1.29 is 9.47 Å². The van der Waals surface area contributed by atoms with Crippen LogP contribution in [0.1, 0.15) is 20.8 Å². The molecule has 0 spiro atoms. The van der Waals surface area contributed by atoms with Crippen LogP contribution < -0.4 is 0 Å². The Morgan fingerprint density at radius 2 is 2.30 bits per heavy atom. The molecule has 2 nitrogen and oxygen atoms in total. The molecule has 0 aromatic rings. The number of epoxide rings is 1. The molecular weight excluding hydrogens is 128 g/mol. The molecule has 1 aliphatic heterocycles. The zero-order chi connectivity index (χ0) is 7.78. The topological polar surface area (TPSA) is 21.8 Å². The largest absolute Gasteiger partial charge is 0.496 e. The first kappa shape index (κ1) is 7.61. The van der Waals surface area contributed by atoms with Gasteiger partial charge in [0.25, 0.3) is 0 Å². The van der Waals surface area contributed by atoms with E-state index in [1.807, 2.05) is 20.8 Å². The second-order valence-electron chi connectivity index (χ2n) is 2.72. The van der Waals surface area contributed by atoms with E-state index < -0.39 is 0 Å². The van der Waals surface area contributed by atoms with E-state index in [0.717, 1.165) is 5.76 Å². The van der Waals surface area contributed by atoms with Gasteiger partial charge in [0.2, 0.25) is 0 Å². The molecule has 1 rings (SSSR count). The Bertz CT molecular complexity index is 153. The van der Waals surface area contributed by atoms with Gasteiger partial charge in [0.1, 0.15) is 11.4 Å². The van der Waals surface area contributed by atoms with Crippen molar-refractivity contribution in [3.05, 3.63) is 12.3 Å². The molecule has 0 aromatic heterocycles. The minimum absolute atomic E-state index is 0.198. The van der Waals surface area contributed by atoms with Gasteiger partial charge in [0, 0.05) is 0 Å². The fourth-order valence-electron chi connectivity index (χ4n) is 0.943. The minimum Gasteiger partial charge on any atom is -0.496 e. The molecule has 2 heteroatoms. The van der Waals surface area contributed by atoms with Crippen molar-refractivity contribution in [3.63, 3.8) is 0 Å². The Labute approximate surface area is 61.8 Å². The minimum atomic E-state index is -0.198. The summed E-state index contributed by atoms with van der Waals surface area (Å²) >= 11 is 0. The predicted octanol–water partition coefficient (Wildman–Crippen LogP) is 1.71. The summed E-state index contributed by atoms with van der Waals surface area (Å²) in [5.74, 6) is 0.752. The number of hydrogen-bond donors (Lipinski definition) is 0. The summed E-state index contributed by atoms with van der Waals surface area (Å²) in [6, 6.07) is 0. The highest BCUT2D eigenvalue weighted by Crippen LogP contribution is 2.41. The third-order valence-electron chi connectivity index (χ3n) is 2.01. The van der Waals surface area contributed by atoms with Crippen molar-refractivity contribution in [3.8, 4) is 0 Å². The van der Waals surface area contributed by atoms with Crippen molar-refractivity contribution in [2.75, 3.05) is 6.61 Å². The van der Waals surface area contributed by atoms with E-state index in [2.05, 4.69) is 6.58 Å². The first-order valence-corrected chi connectivity index (χ1v) is 3.61.